The molecule has 0 unspecified atom stereocenters. The highest BCUT2D eigenvalue weighted by Crippen LogP contribution is 2.30. The smallest absolute Gasteiger partial charge is 0.254 e. The molecule has 2 aromatic rings. The number of carbonyl (C=O) groups is 2. The van der Waals surface area contributed by atoms with E-state index in [1.54, 1.807) is 7.11 Å². The molecule has 0 saturated heterocycles. The van der Waals surface area contributed by atoms with Gasteiger partial charge in [0.2, 0.25) is 5.91 Å². The molecule has 0 bridgehead atoms. The molecule has 0 heterocycles. The largest absolute Gasteiger partial charge is 0.497 e. The summed E-state index contributed by atoms with van der Waals surface area (Å²) in [5, 5.41) is 2.76. The summed E-state index contributed by atoms with van der Waals surface area (Å²) < 4.78 is 5.19. The lowest BCUT2D eigenvalue weighted by atomic mass is 10.1. The highest BCUT2D eigenvalue weighted by molar-refractivity contribution is 5.94. The van der Waals surface area contributed by atoms with Gasteiger partial charge in [-0.2, -0.15) is 0 Å². The summed E-state index contributed by atoms with van der Waals surface area (Å²) in [7, 11) is 1.64. The first-order chi connectivity index (χ1) is 12.6. The van der Waals surface area contributed by atoms with Gasteiger partial charge in [0.15, 0.2) is 0 Å². The van der Waals surface area contributed by atoms with Gasteiger partial charge in [0, 0.05) is 31.6 Å². The predicted octanol–water partition coefficient (Wildman–Crippen LogP) is 3.14. The summed E-state index contributed by atoms with van der Waals surface area (Å²) in [4.78, 5) is 25.9. The van der Waals surface area contributed by atoms with Crippen LogP contribution < -0.4 is 10.1 Å². The van der Waals surface area contributed by atoms with E-state index in [0.717, 1.165) is 29.7 Å². The Morgan fingerprint density at radius 2 is 1.65 bits per heavy atom. The average molecular weight is 352 g/mol. The minimum atomic E-state index is -0.0652. The second-order valence-corrected chi connectivity index (χ2v) is 6.62. The lowest BCUT2D eigenvalue weighted by molar-refractivity contribution is -0.119. The number of amides is 2. The third kappa shape index (κ3) is 4.63. The lowest BCUT2D eigenvalue weighted by Crippen LogP contribution is -2.32. The lowest BCUT2D eigenvalue weighted by Gasteiger charge is -2.23. The van der Waals surface area contributed by atoms with E-state index in [1.807, 2.05) is 53.4 Å². The van der Waals surface area contributed by atoms with Crippen LogP contribution in [0.2, 0.25) is 0 Å². The second kappa shape index (κ2) is 8.04. The van der Waals surface area contributed by atoms with E-state index in [2.05, 4.69) is 5.32 Å². The van der Waals surface area contributed by atoms with Gasteiger partial charge in [0.25, 0.3) is 5.91 Å². The summed E-state index contributed by atoms with van der Waals surface area (Å²) in [6, 6.07) is 15.6. The van der Waals surface area contributed by atoms with Gasteiger partial charge >= 0.3 is 0 Å². The van der Waals surface area contributed by atoms with Crippen LogP contribution in [0.15, 0.2) is 48.5 Å². The Hall–Kier alpha value is -2.82. The van der Waals surface area contributed by atoms with E-state index in [1.165, 1.54) is 6.92 Å². The van der Waals surface area contributed by atoms with Crippen molar-refractivity contribution in [2.75, 3.05) is 7.11 Å². The van der Waals surface area contributed by atoms with Crippen molar-refractivity contribution in [3.63, 3.8) is 0 Å². The summed E-state index contributed by atoms with van der Waals surface area (Å²) in [5.74, 6) is 0.798. The molecule has 2 aromatic carbocycles. The zero-order valence-corrected chi connectivity index (χ0v) is 15.2. The van der Waals surface area contributed by atoms with Crippen LogP contribution in [0.5, 0.6) is 5.75 Å². The topological polar surface area (TPSA) is 58.6 Å². The van der Waals surface area contributed by atoms with Crippen LogP contribution in [0.25, 0.3) is 0 Å². The molecular formula is C21H24N2O3. The molecule has 1 aliphatic carbocycles. The Kier molecular flexibility index (Phi) is 5.56. The third-order valence-electron chi connectivity index (χ3n) is 4.50. The molecule has 2 amide bonds. The van der Waals surface area contributed by atoms with Gasteiger partial charge in [-0.15, -0.1) is 0 Å². The molecule has 0 aromatic heterocycles. The molecule has 0 atom stereocenters. The summed E-state index contributed by atoms with van der Waals surface area (Å²) in [5.41, 5.74) is 2.75. The van der Waals surface area contributed by atoms with Gasteiger partial charge < -0.3 is 15.0 Å². The van der Waals surface area contributed by atoms with Crippen LogP contribution in [0, 0.1) is 0 Å². The van der Waals surface area contributed by atoms with Crippen LogP contribution in [-0.4, -0.2) is 29.9 Å². The van der Waals surface area contributed by atoms with Crippen LogP contribution in [0.1, 0.15) is 41.3 Å². The van der Waals surface area contributed by atoms with Crippen molar-refractivity contribution in [3.05, 3.63) is 65.2 Å². The Balaban J connectivity index is 1.69. The first-order valence-electron chi connectivity index (χ1n) is 8.84. The maximum Gasteiger partial charge on any atom is 0.254 e. The van der Waals surface area contributed by atoms with Gasteiger partial charge in [-0.1, -0.05) is 24.3 Å². The molecular weight excluding hydrogens is 328 g/mol. The molecule has 1 N–H and O–H groups in total. The third-order valence-corrected chi connectivity index (χ3v) is 4.50. The number of ether oxygens (including phenoxy) is 1. The molecule has 3 rings (SSSR count). The van der Waals surface area contributed by atoms with E-state index < -0.39 is 0 Å². The Bertz CT molecular complexity index is 765. The van der Waals surface area contributed by atoms with Crippen molar-refractivity contribution < 1.29 is 14.3 Å². The fraction of sp³-hybridized carbons (Fsp3) is 0.333. The molecule has 0 spiro atoms. The molecule has 1 saturated carbocycles. The fourth-order valence-corrected chi connectivity index (χ4v) is 2.84. The van der Waals surface area contributed by atoms with Crippen molar-refractivity contribution in [1.29, 1.82) is 0 Å². The van der Waals surface area contributed by atoms with Crippen LogP contribution in [-0.2, 0) is 17.9 Å². The van der Waals surface area contributed by atoms with Gasteiger partial charge in [0.1, 0.15) is 5.75 Å². The van der Waals surface area contributed by atoms with Crippen LogP contribution in [0.3, 0.4) is 0 Å². The number of rotatable bonds is 7. The molecule has 0 radical (unpaired) electrons. The van der Waals surface area contributed by atoms with Crippen molar-refractivity contribution in [2.24, 2.45) is 0 Å². The van der Waals surface area contributed by atoms with Crippen molar-refractivity contribution in [1.82, 2.24) is 10.2 Å². The van der Waals surface area contributed by atoms with Gasteiger partial charge in [-0.25, -0.2) is 0 Å². The normalized spacial score (nSPS) is 13.2. The second-order valence-electron chi connectivity index (χ2n) is 6.62. The van der Waals surface area contributed by atoms with Crippen molar-refractivity contribution >= 4 is 11.8 Å². The van der Waals surface area contributed by atoms with Gasteiger partial charge in [-0.3, -0.25) is 9.59 Å². The first kappa shape index (κ1) is 18.0. The van der Waals surface area contributed by atoms with Gasteiger partial charge in [-0.05, 0) is 48.2 Å². The van der Waals surface area contributed by atoms with E-state index in [0.29, 0.717) is 24.7 Å². The van der Waals surface area contributed by atoms with Crippen molar-refractivity contribution in [2.45, 2.75) is 38.9 Å². The summed E-state index contributed by atoms with van der Waals surface area (Å²) in [6.45, 7) is 2.56. The number of hydrogen-bond donors (Lipinski definition) is 1. The van der Waals surface area contributed by atoms with E-state index >= 15 is 0 Å². The zero-order valence-electron chi connectivity index (χ0n) is 15.2. The minimum absolute atomic E-state index is 0.0504. The quantitative estimate of drug-likeness (QED) is 0.833. The molecule has 5 nitrogen and oxygen atoms in total. The Morgan fingerprint density at radius 1 is 1.04 bits per heavy atom. The Morgan fingerprint density at radius 3 is 2.19 bits per heavy atom. The number of nitrogens with zero attached hydrogens (tertiary/aromatic N) is 1. The van der Waals surface area contributed by atoms with E-state index in [9.17, 15) is 9.59 Å². The highest BCUT2D eigenvalue weighted by Gasteiger charge is 2.33. The number of methoxy groups -OCH3 is 1. The summed E-state index contributed by atoms with van der Waals surface area (Å²) >= 11 is 0. The number of hydrogen-bond acceptors (Lipinski definition) is 3. The molecule has 26 heavy (non-hydrogen) atoms. The molecule has 1 fully saturated rings. The average Bonchev–Trinajstić information content (AvgIpc) is 3.50. The number of carbonyl (C=O) groups excluding carboxylic acids is 2. The first-order valence-corrected chi connectivity index (χ1v) is 8.84. The fourth-order valence-electron chi connectivity index (χ4n) is 2.84. The molecule has 1 aliphatic rings. The monoisotopic (exact) mass is 352 g/mol. The van der Waals surface area contributed by atoms with Crippen molar-refractivity contribution in [3.8, 4) is 5.75 Å². The summed E-state index contributed by atoms with van der Waals surface area (Å²) in [6.07, 6.45) is 2.12. The van der Waals surface area contributed by atoms with Gasteiger partial charge in [0.05, 0.1) is 7.11 Å². The van der Waals surface area contributed by atoms with E-state index in [4.69, 9.17) is 4.74 Å². The standard InChI is InChI=1S/C21H24N2O3/c1-15(24)22-13-16-3-7-18(8-4-16)21(25)23(19-9-10-19)14-17-5-11-20(26-2)12-6-17/h3-8,11-12,19H,9-10,13-14H2,1-2H3,(H,22,24). The molecule has 0 aliphatic heterocycles. The van der Waals surface area contributed by atoms with Crippen LogP contribution in [0.4, 0.5) is 0 Å². The zero-order chi connectivity index (χ0) is 18.5. The predicted molar refractivity (Wildman–Crippen MR) is 99.9 cm³/mol. The SMILES string of the molecule is COc1ccc(CN(C(=O)c2ccc(CNC(C)=O)cc2)C2CC2)cc1. The molecule has 136 valence electrons. The number of nitrogens with one attached hydrogen (secondary N) is 1. The number of benzene rings is 2. The Labute approximate surface area is 154 Å². The minimum Gasteiger partial charge on any atom is -0.497 e. The van der Waals surface area contributed by atoms with E-state index in [-0.39, 0.29) is 11.8 Å². The maximum atomic E-state index is 13.0. The highest BCUT2D eigenvalue weighted by atomic mass is 16.5. The van der Waals surface area contributed by atoms with Crippen LogP contribution >= 0.6 is 0 Å². The molecule has 5 heteroatoms. The maximum absolute atomic E-state index is 13.0.